The average molecular weight is 1090 g/mol. The SMILES string of the molecule is CCCCC/C=C\C/C=C\C/C=C\CCCCCCCCCCCCC(=O)NC(COP(=O)(O)OCC[N+](C)(C)C)C(/C=C\CCCCCCCCCCCC)OC(=O)CCCCCCCC/C=C/C=C/CCCCC. The van der Waals surface area contributed by atoms with Crippen molar-refractivity contribution in [2.24, 2.45) is 0 Å². The number of likely N-dealkylation sites (N-methyl/N-ethyl adjacent to an activating group) is 1. The number of rotatable bonds is 57. The van der Waals surface area contributed by atoms with Gasteiger partial charge in [0.25, 0.3) is 0 Å². The molecule has 0 heterocycles. The highest BCUT2D eigenvalue weighted by Gasteiger charge is 2.30. The zero-order chi connectivity index (χ0) is 55.7. The van der Waals surface area contributed by atoms with Crippen molar-refractivity contribution in [3.05, 3.63) is 72.9 Å². The van der Waals surface area contributed by atoms with Crippen molar-refractivity contribution in [3.63, 3.8) is 0 Å². The Kier molecular flexibility index (Phi) is 53.9. The number of carbonyl (C=O) groups excluding carboxylic acids is 2. The molecule has 2 N–H and O–H groups in total. The summed E-state index contributed by atoms with van der Waals surface area (Å²) in [7, 11) is 1.48. The normalized spacial score (nSPS) is 14.1. The van der Waals surface area contributed by atoms with Crippen LogP contribution in [0.5, 0.6) is 0 Å². The van der Waals surface area contributed by atoms with Gasteiger partial charge in [0.2, 0.25) is 5.91 Å². The van der Waals surface area contributed by atoms with E-state index in [-0.39, 0.29) is 31.5 Å². The van der Waals surface area contributed by atoms with Crippen LogP contribution >= 0.6 is 7.82 Å². The lowest BCUT2D eigenvalue weighted by Gasteiger charge is -2.27. The fraction of sp³-hybridized carbons (Fsp3) is 0.788. The number of carbonyl (C=O) groups is 2. The molecule has 442 valence electrons. The molecule has 3 unspecified atom stereocenters. The predicted molar refractivity (Wildman–Crippen MR) is 328 cm³/mol. The number of esters is 1. The van der Waals surface area contributed by atoms with E-state index in [0.717, 1.165) is 89.9 Å². The number of phosphoric ester groups is 1. The van der Waals surface area contributed by atoms with Gasteiger partial charge in [-0.05, 0) is 96.0 Å². The van der Waals surface area contributed by atoms with Crippen LogP contribution in [-0.2, 0) is 27.9 Å². The molecule has 0 aliphatic rings. The lowest BCUT2D eigenvalue weighted by Crippen LogP contribution is -2.47. The first-order valence-electron chi connectivity index (χ1n) is 31.8. The smallest absolute Gasteiger partial charge is 0.456 e. The summed E-state index contributed by atoms with van der Waals surface area (Å²) >= 11 is 0. The van der Waals surface area contributed by atoms with Crippen LogP contribution in [0.25, 0.3) is 0 Å². The van der Waals surface area contributed by atoms with Gasteiger partial charge in [-0.3, -0.25) is 18.6 Å². The molecule has 0 aromatic heterocycles. The Labute approximate surface area is 470 Å². The maximum absolute atomic E-state index is 13.6. The maximum Gasteiger partial charge on any atom is 0.472 e. The van der Waals surface area contributed by atoms with Crippen LogP contribution in [0.2, 0.25) is 0 Å². The first kappa shape index (κ1) is 73.5. The molecule has 0 rings (SSSR count). The molecule has 0 bridgehead atoms. The lowest BCUT2D eigenvalue weighted by molar-refractivity contribution is -0.870. The van der Waals surface area contributed by atoms with E-state index in [1.807, 2.05) is 33.3 Å². The van der Waals surface area contributed by atoms with Gasteiger partial charge in [0, 0.05) is 12.8 Å². The quantitative estimate of drug-likeness (QED) is 0.0156. The van der Waals surface area contributed by atoms with E-state index in [2.05, 4.69) is 86.8 Å². The molecule has 0 saturated heterocycles. The number of amides is 1. The molecular formula is C66H122N2O7P+. The molecule has 0 fully saturated rings. The van der Waals surface area contributed by atoms with Gasteiger partial charge >= 0.3 is 13.8 Å². The van der Waals surface area contributed by atoms with E-state index in [4.69, 9.17) is 13.8 Å². The second-order valence-corrected chi connectivity index (χ2v) is 24.1. The fourth-order valence-electron chi connectivity index (χ4n) is 8.94. The van der Waals surface area contributed by atoms with Gasteiger partial charge in [0.1, 0.15) is 19.3 Å². The second kappa shape index (κ2) is 55.8. The van der Waals surface area contributed by atoms with Crippen LogP contribution in [0.3, 0.4) is 0 Å². The van der Waals surface area contributed by atoms with Crippen LogP contribution in [0.15, 0.2) is 72.9 Å². The molecule has 0 radical (unpaired) electrons. The van der Waals surface area contributed by atoms with E-state index in [1.165, 1.54) is 161 Å². The van der Waals surface area contributed by atoms with Gasteiger partial charge in [-0.2, -0.15) is 0 Å². The van der Waals surface area contributed by atoms with Gasteiger partial charge in [0.15, 0.2) is 0 Å². The fourth-order valence-corrected chi connectivity index (χ4v) is 9.67. The van der Waals surface area contributed by atoms with E-state index in [1.54, 1.807) is 0 Å². The monoisotopic (exact) mass is 1090 g/mol. The highest BCUT2D eigenvalue weighted by molar-refractivity contribution is 7.47. The van der Waals surface area contributed by atoms with Gasteiger partial charge in [0.05, 0.1) is 33.8 Å². The summed E-state index contributed by atoms with van der Waals surface area (Å²) in [6.07, 6.45) is 71.8. The summed E-state index contributed by atoms with van der Waals surface area (Å²) in [6, 6.07) is -0.857. The number of ether oxygens (including phenoxy) is 1. The third-order valence-corrected chi connectivity index (χ3v) is 14.9. The zero-order valence-corrected chi connectivity index (χ0v) is 51.4. The molecule has 9 nitrogen and oxygen atoms in total. The van der Waals surface area contributed by atoms with Gasteiger partial charge in [-0.25, -0.2) is 4.57 Å². The minimum absolute atomic E-state index is 0.0354. The third-order valence-electron chi connectivity index (χ3n) is 13.9. The van der Waals surface area contributed by atoms with Gasteiger partial charge in [-0.1, -0.05) is 248 Å². The first-order chi connectivity index (χ1) is 36.9. The molecule has 76 heavy (non-hydrogen) atoms. The van der Waals surface area contributed by atoms with Gasteiger partial charge < -0.3 is 19.4 Å². The van der Waals surface area contributed by atoms with E-state index in [9.17, 15) is 19.0 Å². The van der Waals surface area contributed by atoms with Crippen molar-refractivity contribution < 1.29 is 37.3 Å². The van der Waals surface area contributed by atoms with Crippen molar-refractivity contribution in [2.75, 3.05) is 40.9 Å². The minimum Gasteiger partial charge on any atom is -0.456 e. The number of nitrogens with one attached hydrogen (secondary N) is 1. The standard InChI is InChI=1S/C66H121N2O7P/c1-7-10-13-16-19-22-25-28-30-31-32-33-34-35-36-37-39-40-43-46-49-52-55-58-65(69)67-63(62-74-76(71,72)73-61-60-68(4,5)6)64(57-54-51-48-45-42-27-24-21-18-15-12-9-3)75-66(70)59-56-53-50-47-44-41-38-29-26-23-20-17-14-11-8-2/h19-20,22-23,26,28-30,32-33,54,57,63-64H,7-18,21,24-25,27,31,34-53,55-56,58-62H2,1-6H3,(H-,67,69,71,72)/p+1/b22-19-,23-20+,29-26+,30-28-,33-32-,57-54-. The van der Waals surface area contributed by atoms with Gasteiger partial charge in [-0.15, -0.1) is 0 Å². The largest absolute Gasteiger partial charge is 0.472 e. The molecule has 0 aliphatic carbocycles. The Morgan fingerprint density at radius 1 is 0.474 bits per heavy atom. The molecule has 3 atom stereocenters. The van der Waals surface area contributed by atoms with Crippen molar-refractivity contribution in [2.45, 2.75) is 296 Å². The summed E-state index contributed by atoms with van der Waals surface area (Å²) in [5.74, 6) is -0.520. The topological polar surface area (TPSA) is 111 Å². The summed E-state index contributed by atoms with van der Waals surface area (Å²) in [5, 5.41) is 3.05. The number of hydrogen-bond donors (Lipinski definition) is 2. The second-order valence-electron chi connectivity index (χ2n) is 22.6. The van der Waals surface area contributed by atoms with Crippen molar-refractivity contribution >= 4 is 19.7 Å². The Balaban J connectivity index is 5.20. The van der Waals surface area contributed by atoms with E-state index >= 15 is 0 Å². The number of phosphoric acid groups is 1. The van der Waals surface area contributed by atoms with Crippen LogP contribution in [0.1, 0.15) is 284 Å². The molecule has 0 aromatic rings. The summed E-state index contributed by atoms with van der Waals surface area (Å²) in [6.45, 7) is 6.95. The average Bonchev–Trinajstić information content (AvgIpc) is 3.38. The summed E-state index contributed by atoms with van der Waals surface area (Å²) in [5.41, 5.74) is 0. The highest BCUT2D eigenvalue weighted by atomic mass is 31.2. The van der Waals surface area contributed by atoms with Crippen molar-refractivity contribution in [1.29, 1.82) is 0 Å². The van der Waals surface area contributed by atoms with Crippen LogP contribution in [0, 0.1) is 0 Å². The number of quaternary nitrogens is 1. The number of nitrogens with zero attached hydrogens (tertiary/aromatic N) is 1. The van der Waals surface area contributed by atoms with E-state index < -0.39 is 20.0 Å². The van der Waals surface area contributed by atoms with Crippen LogP contribution in [0.4, 0.5) is 0 Å². The number of hydrogen-bond acceptors (Lipinski definition) is 6. The molecule has 10 heteroatoms. The molecule has 1 amide bonds. The van der Waals surface area contributed by atoms with Crippen molar-refractivity contribution in [3.8, 4) is 0 Å². The van der Waals surface area contributed by atoms with E-state index in [0.29, 0.717) is 17.4 Å². The number of unbranched alkanes of at least 4 members (excludes halogenated alkanes) is 32. The zero-order valence-electron chi connectivity index (χ0n) is 50.5. The third kappa shape index (κ3) is 56.2. The van der Waals surface area contributed by atoms with Crippen LogP contribution < -0.4 is 5.32 Å². The number of allylic oxidation sites excluding steroid dienone is 11. The summed E-state index contributed by atoms with van der Waals surface area (Å²) in [4.78, 5) is 37.7. The maximum atomic E-state index is 13.6. The molecular weight excluding hydrogens is 964 g/mol. The molecule has 0 spiro atoms. The Hall–Kier alpha value is -2.55. The predicted octanol–water partition coefficient (Wildman–Crippen LogP) is 19.6. The molecule has 0 aromatic carbocycles. The Morgan fingerprint density at radius 2 is 0.842 bits per heavy atom. The summed E-state index contributed by atoms with van der Waals surface area (Å²) < 4.78 is 30.7. The Bertz CT molecular complexity index is 1530. The highest BCUT2D eigenvalue weighted by Crippen LogP contribution is 2.43. The minimum atomic E-state index is -4.45. The molecule has 0 aliphatic heterocycles. The van der Waals surface area contributed by atoms with Crippen LogP contribution in [-0.4, -0.2) is 74.3 Å². The lowest BCUT2D eigenvalue weighted by atomic mass is 10.0. The molecule has 0 saturated carbocycles. The van der Waals surface area contributed by atoms with Crippen molar-refractivity contribution in [1.82, 2.24) is 5.32 Å². The Morgan fingerprint density at radius 3 is 1.30 bits per heavy atom. The first-order valence-corrected chi connectivity index (χ1v) is 33.3.